The first-order valence-electron chi connectivity index (χ1n) is 6.76. The third-order valence-corrected chi connectivity index (χ3v) is 5.01. The van der Waals surface area contributed by atoms with Gasteiger partial charge in [-0.05, 0) is 33.9 Å². The lowest BCUT2D eigenvalue weighted by atomic mass is 10.6. The van der Waals surface area contributed by atoms with Gasteiger partial charge in [0.05, 0.1) is 12.9 Å². The molecule has 0 aliphatic rings. The highest BCUT2D eigenvalue weighted by atomic mass is 31.2. The fourth-order valence-electron chi connectivity index (χ4n) is 1.65. The molecule has 0 heterocycles. The average molecular weight is 281 g/mol. The van der Waals surface area contributed by atoms with E-state index in [-0.39, 0.29) is 0 Å². The van der Waals surface area contributed by atoms with Gasteiger partial charge in [-0.15, -0.1) is 0 Å². The Bertz CT molecular complexity index is 240. The Hall–Kier alpha value is 0.0700. The van der Waals surface area contributed by atoms with Gasteiger partial charge in [-0.3, -0.25) is 9.46 Å². The fourth-order valence-corrected chi connectivity index (χ4v) is 4.13. The highest BCUT2D eigenvalue weighted by Crippen LogP contribution is 2.53. The molecule has 18 heavy (non-hydrogen) atoms. The Morgan fingerprint density at radius 2 is 1.44 bits per heavy atom. The maximum atomic E-state index is 12.9. The van der Waals surface area contributed by atoms with E-state index in [1.54, 1.807) is 0 Å². The number of ether oxygens (including phenoxy) is 2. The molecule has 5 nitrogen and oxygen atoms in total. The van der Waals surface area contributed by atoms with E-state index in [9.17, 15) is 4.57 Å². The van der Waals surface area contributed by atoms with E-state index in [4.69, 9.17) is 14.0 Å². The zero-order valence-corrected chi connectivity index (χ0v) is 13.2. The van der Waals surface area contributed by atoms with Gasteiger partial charge in [-0.1, -0.05) is 13.8 Å². The van der Waals surface area contributed by atoms with Crippen molar-refractivity contribution in [3.05, 3.63) is 0 Å². The molecule has 0 aliphatic heterocycles. The molecule has 0 unspecified atom stereocenters. The molecule has 0 N–H and O–H groups in total. The summed E-state index contributed by atoms with van der Waals surface area (Å²) in [4.78, 5) is 2.07. The van der Waals surface area contributed by atoms with E-state index < -0.39 is 13.4 Å². The highest BCUT2D eigenvalue weighted by Gasteiger charge is 2.37. The van der Waals surface area contributed by atoms with Gasteiger partial charge in [0.15, 0.2) is 0 Å². The van der Waals surface area contributed by atoms with Crippen LogP contribution in [0.3, 0.4) is 0 Å². The van der Waals surface area contributed by atoms with Crippen LogP contribution in [0.2, 0.25) is 0 Å². The van der Waals surface area contributed by atoms with E-state index in [0.717, 1.165) is 13.1 Å². The largest absolute Gasteiger partial charge is 0.345 e. The second-order valence-electron chi connectivity index (χ2n) is 3.81. The molecule has 110 valence electrons. The number of hydrogen-bond acceptors (Lipinski definition) is 5. The van der Waals surface area contributed by atoms with Crippen molar-refractivity contribution < 1.29 is 18.6 Å². The average Bonchev–Trinajstić information content (AvgIpc) is 2.36. The lowest BCUT2D eigenvalue weighted by Gasteiger charge is -2.30. The summed E-state index contributed by atoms with van der Waals surface area (Å²) in [6.45, 7) is 12.6. The number of rotatable bonds is 11. The normalized spacial score (nSPS) is 15.3. The number of nitrogens with zero attached hydrogens (tertiary/aromatic N) is 1. The van der Waals surface area contributed by atoms with E-state index in [1.807, 2.05) is 34.6 Å². The van der Waals surface area contributed by atoms with Crippen molar-refractivity contribution in [2.45, 2.75) is 40.6 Å². The lowest BCUT2D eigenvalue weighted by molar-refractivity contribution is -0.0897. The molecule has 1 atom stereocenters. The molecule has 0 spiro atoms. The summed E-state index contributed by atoms with van der Waals surface area (Å²) < 4.78 is 29.3. The molecule has 0 amide bonds. The minimum atomic E-state index is -2.97. The summed E-state index contributed by atoms with van der Waals surface area (Å²) in [6, 6.07) is -0.756. The second kappa shape index (κ2) is 9.93. The van der Waals surface area contributed by atoms with Gasteiger partial charge in [0, 0.05) is 13.2 Å². The maximum absolute atomic E-state index is 12.9. The molecule has 0 fully saturated rings. The van der Waals surface area contributed by atoms with Crippen molar-refractivity contribution in [1.82, 2.24) is 4.90 Å². The molecule has 0 aromatic carbocycles. The summed E-state index contributed by atoms with van der Waals surface area (Å²) in [5.41, 5.74) is 0. The second-order valence-corrected chi connectivity index (χ2v) is 6.22. The Morgan fingerprint density at radius 3 is 1.78 bits per heavy atom. The van der Waals surface area contributed by atoms with Crippen LogP contribution in [-0.2, 0) is 18.6 Å². The fraction of sp³-hybridized carbons (Fsp3) is 1.00. The van der Waals surface area contributed by atoms with Crippen LogP contribution in [0.25, 0.3) is 0 Å². The molecule has 0 radical (unpaired) electrons. The molecule has 0 aromatic rings. The van der Waals surface area contributed by atoms with Crippen LogP contribution in [0.5, 0.6) is 0 Å². The summed E-state index contributed by atoms with van der Waals surface area (Å²) in [7, 11) is -2.97. The molecule has 0 rings (SSSR count). The lowest BCUT2D eigenvalue weighted by Crippen LogP contribution is -2.30. The summed E-state index contributed by atoms with van der Waals surface area (Å²) >= 11 is 0. The van der Waals surface area contributed by atoms with Crippen molar-refractivity contribution in [2.75, 3.05) is 39.2 Å². The predicted octanol–water partition coefficient (Wildman–Crippen LogP) is 2.96. The third-order valence-electron chi connectivity index (χ3n) is 2.58. The van der Waals surface area contributed by atoms with E-state index in [1.165, 1.54) is 0 Å². The molecule has 0 aromatic heterocycles. The predicted molar refractivity (Wildman–Crippen MR) is 74.1 cm³/mol. The highest BCUT2D eigenvalue weighted by molar-refractivity contribution is 7.59. The molecule has 0 saturated carbocycles. The first kappa shape index (κ1) is 18.1. The van der Waals surface area contributed by atoms with Crippen LogP contribution >= 0.6 is 7.37 Å². The van der Waals surface area contributed by atoms with Crippen LogP contribution in [0.4, 0.5) is 0 Å². The minimum absolute atomic E-state index is 0.374. The van der Waals surface area contributed by atoms with Gasteiger partial charge in [0.2, 0.25) is 6.03 Å². The third kappa shape index (κ3) is 5.81. The van der Waals surface area contributed by atoms with Crippen LogP contribution in [-0.4, -0.2) is 50.1 Å². The van der Waals surface area contributed by atoms with E-state index >= 15 is 0 Å². The summed E-state index contributed by atoms with van der Waals surface area (Å²) in [5, 5.41) is 0. The SMILES string of the molecule is CCOC(OCC)[P@@](=O)(CN(CC)CC)OCC. The standard InChI is InChI=1S/C12H28NO4P/c1-6-13(7-2)11-18(14,17-10-5)12(15-8-3)16-9-4/h12H,6-11H2,1-5H3/t18-/m1/s1. The van der Waals surface area contributed by atoms with Gasteiger partial charge in [-0.25, -0.2) is 0 Å². The Kier molecular flexibility index (Phi) is 9.97. The van der Waals surface area contributed by atoms with Gasteiger partial charge in [0.1, 0.15) is 0 Å². The first-order valence-corrected chi connectivity index (χ1v) is 8.64. The van der Waals surface area contributed by atoms with Crippen LogP contribution in [0, 0.1) is 0 Å². The zero-order chi connectivity index (χ0) is 14.0. The van der Waals surface area contributed by atoms with E-state index in [0.29, 0.717) is 26.1 Å². The van der Waals surface area contributed by atoms with Crippen molar-refractivity contribution in [1.29, 1.82) is 0 Å². The van der Waals surface area contributed by atoms with Gasteiger partial charge in [-0.2, -0.15) is 0 Å². The van der Waals surface area contributed by atoms with Crippen LogP contribution in [0.15, 0.2) is 0 Å². The van der Waals surface area contributed by atoms with Crippen molar-refractivity contribution in [3.8, 4) is 0 Å². The van der Waals surface area contributed by atoms with Gasteiger partial charge < -0.3 is 14.0 Å². The Balaban J connectivity index is 4.88. The zero-order valence-electron chi connectivity index (χ0n) is 12.3. The van der Waals surface area contributed by atoms with E-state index in [2.05, 4.69) is 4.90 Å². The quantitative estimate of drug-likeness (QED) is 0.430. The van der Waals surface area contributed by atoms with Crippen LogP contribution < -0.4 is 0 Å². The topological polar surface area (TPSA) is 48.0 Å². The molecular weight excluding hydrogens is 253 g/mol. The Morgan fingerprint density at radius 1 is 0.944 bits per heavy atom. The van der Waals surface area contributed by atoms with Crippen molar-refractivity contribution >= 4 is 7.37 Å². The molecule has 6 heteroatoms. The first-order chi connectivity index (χ1) is 8.57. The van der Waals surface area contributed by atoms with Gasteiger partial charge in [0.25, 0.3) is 7.37 Å². The molecule has 0 bridgehead atoms. The van der Waals surface area contributed by atoms with Crippen molar-refractivity contribution in [2.24, 2.45) is 0 Å². The van der Waals surface area contributed by atoms with Gasteiger partial charge >= 0.3 is 0 Å². The smallest absolute Gasteiger partial charge is 0.271 e. The summed E-state index contributed by atoms with van der Waals surface area (Å²) in [6.07, 6.45) is 0.374. The minimum Gasteiger partial charge on any atom is -0.345 e. The Labute approximate surface area is 111 Å². The molecule has 0 aliphatic carbocycles. The molecular formula is C12H28NO4P. The van der Waals surface area contributed by atoms with Crippen LogP contribution in [0.1, 0.15) is 34.6 Å². The molecule has 0 saturated heterocycles. The van der Waals surface area contributed by atoms with Crippen molar-refractivity contribution in [3.63, 3.8) is 0 Å². The number of hydrogen-bond donors (Lipinski definition) is 0. The monoisotopic (exact) mass is 281 g/mol. The maximum Gasteiger partial charge on any atom is 0.271 e. The summed E-state index contributed by atoms with van der Waals surface area (Å²) in [5.74, 6) is 0.